The zero-order chi connectivity index (χ0) is 15.4. The Morgan fingerprint density at radius 2 is 2.09 bits per heavy atom. The lowest BCUT2D eigenvalue weighted by Crippen LogP contribution is -2.24. The Balaban J connectivity index is 1.82. The van der Waals surface area contributed by atoms with Crippen LogP contribution in [-0.2, 0) is 0 Å². The fourth-order valence-corrected chi connectivity index (χ4v) is 3.71. The van der Waals surface area contributed by atoms with Crippen molar-refractivity contribution in [3.05, 3.63) is 24.8 Å². The van der Waals surface area contributed by atoms with E-state index in [-0.39, 0.29) is 0 Å². The van der Waals surface area contributed by atoms with E-state index in [1.807, 2.05) is 18.6 Å². The summed E-state index contributed by atoms with van der Waals surface area (Å²) >= 11 is 1.65. The molecule has 1 aliphatic carbocycles. The first-order chi connectivity index (χ1) is 10.8. The van der Waals surface area contributed by atoms with Crippen molar-refractivity contribution in [3.63, 3.8) is 0 Å². The molecule has 2 aromatic heterocycles. The maximum absolute atomic E-state index is 5.87. The molecule has 118 valence electrons. The molecular weight excluding hydrogens is 294 g/mol. The van der Waals surface area contributed by atoms with E-state index in [2.05, 4.69) is 32.6 Å². The normalized spacial score (nSPS) is 21.9. The van der Waals surface area contributed by atoms with Crippen molar-refractivity contribution < 1.29 is 0 Å². The molecule has 0 unspecified atom stereocenters. The number of hydrogen-bond acceptors (Lipinski definition) is 5. The SMILES string of the molecule is CCSc1ncc(-c2nccn2[C@@H]2CCC[C@H](CN)C2)cn1. The van der Waals surface area contributed by atoms with Gasteiger partial charge in [-0.2, -0.15) is 0 Å². The van der Waals surface area contributed by atoms with Gasteiger partial charge < -0.3 is 10.3 Å². The predicted octanol–water partition coefficient (Wildman–Crippen LogP) is 3.14. The van der Waals surface area contributed by atoms with Crippen LogP contribution in [0.2, 0.25) is 0 Å². The average Bonchev–Trinajstić information content (AvgIpc) is 3.05. The van der Waals surface area contributed by atoms with E-state index in [0.717, 1.165) is 35.3 Å². The van der Waals surface area contributed by atoms with Gasteiger partial charge in [-0.15, -0.1) is 0 Å². The Bertz CT molecular complexity index is 595. The largest absolute Gasteiger partial charge is 0.330 e. The molecule has 1 fully saturated rings. The van der Waals surface area contributed by atoms with Gasteiger partial charge in [0.05, 0.1) is 5.56 Å². The van der Waals surface area contributed by atoms with Crippen molar-refractivity contribution in [2.75, 3.05) is 12.3 Å². The van der Waals surface area contributed by atoms with Gasteiger partial charge in [0.1, 0.15) is 5.82 Å². The van der Waals surface area contributed by atoms with Crippen LogP contribution in [0.25, 0.3) is 11.4 Å². The second-order valence-corrected chi connectivity index (χ2v) is 7.00. The second-order valence-electron chi connectivity index (χ2n) is 5.77. The van der Waals surface area contributed by atoms with Crippen molar-refractivity contribution in [1.82, 2.24) is 19.5 Å². The quantitative estimate of drug-likeness (QED) is 0.677. The van der Waals surface area contributed by atoms with Gasteiger partial charge in [0.2, 0.25) is 0 Å². The number of nitrogens with two attached hydrogens (primary N) is 1. The van der Waals surface area contributed by atoms with Crippen molar-refractivity contribution >= 4 is 11.8 Å². The first-order valence-electron chi connectivity index (χ1n) is 8.00. The summed E-state index contributed by atoms with van der Waals surface area (Å²) in [6.45, 7) is 2.89. The zero-order valence-corrected chi connectivity index (χ0v) is 13.8. The molecule has 1 aliphatic rings. The molecule has 5 nitrogen and oxygen atoms in total. The molecule has 0 radical (unpaired) electrons. The van der Waals surface area contributed by atoms with Gasteiger partial charge in [-0.25, -0.2) is 15.0 Å². The molecule has 1 saturated carbocycles. The van der Waals surface area contributed by atoms with Gasteiger partial charge in [0.25, 0.3) is 0 Å². The van der Waals surface area contributed by atoms with E-state index in [9.17, 15) is 0 Å². The Morgan fingerprint density at radius 1 is 1.27 bits per heavy atom. The molecule has 2 heterocycles. The fraction of sp³-hybridized carbons (Fsp3) is 0.562. The Morgan fingerprint density at radius 3 is 2.82 bits per heavy atom. The van der Waals surface area contributed by atoms with Crippen molar-refractivity contribution in [1.29, 1.82) is 0 Å². The van der Waals surface area contributed by atoms with Crippen LogP contribution < -0.4 is 5.73 Å². The van der Waals surface area contributed by atoms with Gasteiger partial charge in [-0.05, 0) is 37.5 Å². The molecule has 0 amide bonds. The molecule has 0 aromatic carbocycles. The van der Waals surface area contributed by atoms with E-state index in [1.54, 1.807) is 11.8 Å². The van der Waals surface area contributed by atoms with E-state index in [0.29, 0.717) is 12.0 Å². The molecule has 0 saturated heterocycles. The number of hydrogen-bond donors (Lipinski definition) is 1. The summed E-state index contributed by atoms with van der Waals surface area (Å²) in [4.78, 5) is 13.4. The molecule has 6 heteroatoms. The van der Waals surface area contributed by atoms with Gasteiger partial charge in [0.15, 0.2) is 5.16 Å². The molecule has 0 aliphatic heterocycles. The highest BCUT2D eigenvalue weighted by atomic mass is 32.2. The van der Waals surface area contributed by atoms with Crippen molar-refractivity contribution in [2.24, 2.45) is 11.7 Å². The van der Waals surface area contributed by atoms with E-state index >= 15 is 0 Å². The molecule has 3 rings (SSSR count). The minimum Gasteiger partial charge on any atom is -0.330 e. The maximum Gasteiger partial charge on any atom is 0.187 e. The third-order valence-corrected chi connectivity index (χ3v) is 5.07. The monoisotopic (exact) mass is 317 g/mol. The Hall–Kier alpha value is -1.40. The average molecular weight is 317 g/mol. The Labute approximate surface area is 135 Å². The fourth-order valence-electron chi connectivity index (χ4n) is 3.20. The number of nitrogens with zero attached hydrogens (tertiary/aromatic N) is 4. The molecule has 0 spiro atoms. The van der Waals surface area contributed by atoms with Crippen molar-refractivity contribution in [2.45, 2.75) is 43.8 Å². The van der Waals surface area contributed by atoms with Gasteiger partial charge in [-0.3, -0.25) is 0 Å². The molecule has 2 N–H and O–H groups in total. The third kappa shape index (κ3) is 3.33. The van der Waals surface area contributed by atoms with Gasteiger partial charge in [-0.1, -0.05) is 25.1 Å². The highest BCUT2D eigenvalue weighted by molar-refractivity contribution is 7.99. The van der Waals surface area contributed by atoms with Crippen LogP contribution in [0.3, 0.4) is 0 Å². The first kappa shape index (κ1) is 15.5. The van der Waals surface area contributed by atoms with Crippen LogP contribution in [0.15, 0.2) is 29.9 Å². The minimum atomic E-state index is 0.490. The molecular formula is C16H23N5S. The number of aromatic nitrogens is 4. The van der Waals surface area contributed by atoms with E-state index in [4.69, 9.17) is 5.73 Å². The summed E-state index contributed by atoms with van der Waals surface area (Å²) in [5.74, 6) is 2.58. The summed E-state index contributed by atoms with van der Waals surface area (Å²) in [5.41, 5.74) is 6.85. The summed E-state index contributed by atoms with van der Waals surface area (Å²) < 4.78 is 2.28. The number of imidazole rings is 1. The molecule has 2 atom stereocenters. The number of rotatable bonds is 5. The lowest BCUT2D eigenvalue weighted by Gasteiger charge is -2.30. The summed E-state index contributed by atoms with van der Waals surface area (Å²) in [6, 6.07) is 0.490. The Kier molecular flexibility index (Phi) is 5.10. The highest BCUT2D eigenvalue weighted by Crippen LogP contribution is 2.34. The maximum atomic E-state index is 5.87. The smallest absolute Gasteiger partial charge is 0.187 e. The van der Waals surface area contributed by atoms with E-state index in [1.165, 1.54) is 19.3 Å². The number of thioether (sulfide) groups is 1. The van der Waals surface area contributed by atoms with Gasteiger partial charge in [0, 0.05) is 30.8 Å². The summed E-state index contributed by atoms with van der Waals surface area (Å²) in [7, 11) is 0. The van der Waals surface area contributed by atoms with Crippen LogP contribution in [0, 0.1) is 5.92 Å². The molecule has 2 aromatic rings. The second kappa shape index (κ2) is 7.24. The predicted molar refractivity (Wildman–Crippen MR) is 89.7 cm³/mol. The summed E-state index contributed by atoms with van der Waals surface area (Å²) in [6.07, 6.45) is 12.6. The van der Waals surface area contributed by atoms with E-state index < -0.39 is 0 Å². The molecule has 0 bridgehead atoms. The van der Waals surface area contributed by atoms with Crippen LogP contribution >= 0.6 is 11.8 Å². The standard InChI is InChI=1S/C16H23N5S/c1-2-22-16-19-10-13(11-20-16)15-18-6-7-21(15)14-5-3-4-12(8-14)9-17/h6-7,10-12,14H,2-5,8-9,17H2,1H3/t12-,14+/m0/s1. The topological polar surface area (TPSA) is 69.6 Å². The first-order valence-corrected chi connectivity index (χ1v) is 8.98. The van der Waals surface area contributed by atoms with Crippen LogP contribution in [0.4, 0.5) is 0 Å². The molecule has 22 heavy (non-hydrogen) atoms. The zero-order valence-electron chi connectivity index (χ0n) is 13.0. The van der Waals surface area contributed by atoms with Crippen LogP contribution in [0.5, 0.6) is 0 Å². The van der Waals surface area contributed by atoms with Crippen LogP contribution in [0.1, 0.15) is 38.6 Å². The van der Waals surface area contributed by atoms with Gasteiger partial charge >= 0.3 is 0 Å². The third-order valence-electron chi connectivity index (χ3n) is 4.31. The highest BCUT2D eigenvalue weighted by Gasteiger charge is 2.24. The van der Waals surface area contributed by atoms with Crippen molar-refractivity contribution in [3.8, 4) is 11.4 Å². The lowest BCUT2D eigenvalue weighted by atomic mass is 9.85. The lowest BCUT2D eigenvalue weighted by molar-refractivity contribution is 0.273. The van der Waals surface area contributed by atoms with Crippen LogP contribution in [-0.4, -0.2) is 31.8 Å². The summed E-state index contributed by atoms with van der Waals surface area (Å²) in [5, 5.41) is 0.824. The minimum absolute atomic E-state index is 0.490.